The maximum Gasteiger partial charge on any atom is 0.307 e. The molecule has 4 rings (SSSR count). The number of hydrogen-bond acceptors (Lipinski definition) is 5. The van der Waals surface area contributed by atoms with E-state index in [9.17, 15) is 4.79 Å². The van der Waals surface area contributed by atoms with Crippen LogP contribution in [0.1, 0.15) is 40.5 Å². The van der Waals surface area contributed by atoms with Crippen molar-refractivity contribution in [3.63, 3.8) is 0 Å². The fraction of sp³-hybridized carbons (Fsp3) is 0.438. The molecule has 6 heteroatoms. The van der Waals surface area contributed by atoms with E-state index < -0.39 is 0 Å². The second kappa shape index (κ2) is 5.53. The maximum absolute atomic E-state index is 12.1. The standard InChI is InChI=1S/C16H18N4O2/c21-15(18-7-11-3-5-17-6-4-11)16-19-13-9-20(8-12-1-2-12)10-14(13)22-16/h3-6,12H,1-2,7-10H2,(H,18,21). The summed E-state index contributed by atoms with van der Waals surface area (Å²) in [7, 11) is 0. The van der Waals surface area contributed by atoms with E-state index in [2.05, 4.69) is 20.2 Å². The maximum atomic E-state index is 12.1. The molecule has 2 aliphatic rings. The topological polar surface area (TPSA) is 71.3 Å². The number of nitrogens with one attached hydrogen (secondary N) is 1. The first-order valence-corrected chi connectivity index (χ1v) is 7.66. The third-order valence-electron chi connectivity index (χ3n) is 4.13. The van der Waals surface area contributed by atoms with Gasteiger partial charge in [-0.25, -0.2) is 4.98 Å². The average Bonchev–Trinajstić information content (AvgIpc) is 3.13. The van der Waals surface area contributed by atoms with Crippen molar-refractivity contribution in [1.29, 1.82) is 0 Å². The molecule has 0 atom stereocenters. The lowest BCUT2D eigenvalue weighted by Gasteiger charge is -2.12. The minimum absolute atomic E-state index is 0.171. The average molecular weight is 298 g/mol. The van der Waals surface area contributed by atoms with E-state index in [4.69, 9.17) is 4.42 Å². The van der Waals surface area contributed by atoms with Gasteiger partial charge in [0.05, 0.1) is 12.2 Å². The minimum atomic E-state index is -0.264. The van der Waals surface area contributed by atoms with Gasteiger partial charge in [-0.1, -0.05) is 0 Å². The van der Waals surface area contributed by atoms with Crippen molar-refractivity contribution in [2.75, 3.05) is 6.54 Å². The van der Waals surface area contributed by atoms with E-state index in [1.54, 1.807) is 12.4 Å². The van der Waals surface area contributed by atoms with Crippen molar-refractivity contribution in [3.05, 3.63) is 47.4 Å². The molecule has 1 fully saturated rings. The lowest BCUT2D eigenvalue weighted by molar-refractivity contribution is 0.0911. The predicted molar refractivity (Wildman–Crippen MR) is 78.7 cm³/mol. The molecule has 0 radical (unpaired) electrons. The molecule has 2 aromatic rings. The van der Waals surface area contributed by atoms with Gasteiger partial charge in [-0.3, -0.25) is 14.7 Å². The number of rotatable bonds is 5. The van der Waals surface area contributed by atoms with E-state index in [-0.39, 0.29) is 11.8 Å². The molecule has 0 saturated heterocycles. The summed E-state index contributed by atoms with van der Waals surface area (Å²) < 4.78 is 5.63. The van der Waals surface area contributed by atoms with Gasteiger partial charge in [0.2, 0.25) is 0 Å². The molecular formula is C16H18N4O2. The third-order valence-corrected chi connectivity index (χ3v) is 4.13. The number of amides is 1. The van der Waals surface area contributed by atoms with Crippen LogP contribution in [-0.2, 0) is 19.6 Å². The summed E-state index contributed by atoms with van der Waals surface area (Å²) in [5.41, 5.74) is 1.91. The smallest absolute Gasteiger partial charge is 0.307 e. The number of fused-ring (bicyclic) bond motifs is 1. The van der Waals surface area contributed by atoms with Crippen LogP contribution in [0.25, 0.3) is 0 Å². The van der Waals surface area contributed by atoms with Crippen LogP contribution >= 0.6 is 0 Å². The number of carbonyl (C=O) groups is 1. The Kier molecular flexibility index (Phi) is 3.38. The molecule has 1 saturated carbocycles. The van der Waals surface area contributed by atoms with Gasteiger partial charge in [-0.05, 0) is 36.5 Å². The highest BCUT2D eigenvalue weighted by Crippen LogP contribution is 2.33. The second-order valence-corrected chi connectivity index (χ2v) is 6.04. The van der Waals surface area contributed by atoms with Crippen LogP contribution in [0, 0.1) is 5.92 Å². The second-order valence-electron chi connectivity index (χ2n) is 6.04. The van der Waals surface area contributed by atoms with Gasteiger partial charge in [0.15, 0.2) is 0 Å². The van der Waals surface area contributed by atoms with Crippen LogP contribution in [0.3, 0.4) is 0 Å². The molecule has 1 aliphatic carbocycles. The first-order valence-electron chi connectivity index (χ1n) is 7.66. The Morgan fingerprint density at radius 3 is 2.86 bits per heavy atom. The summed E-state index contributed by atoms with van der Waals surface area (Å²) in [5, 5.41) is 2.82. The lowest BCUT2D eigenvalue weighted by atomic mass is 10.3. The fourth-order valence-corrected chi connectivity index (χ4v) is 2.75. The Hall–Kier alpha value is -2.21. The van der Waals surface area contributed by atoms with Crippen LogP contribution in [0.4, 0.5) is 0 Å². The zero-order valence-corrected chi connectivity index (χ0v) is 12.3. The van der Waals surface area contributed by atoms with E-state index >= 15 is 0 Å². The molecule has 0 aromatic carbocycles. The molecule has 0 bridgehead atoms. The summed E-state index contributed by atoms with van der Waals surface area (Å²) >= 11 is 0. The highest BCUT2D eigenvalue weighted by molar-refractivity contribution is 5.89. The molecule has 1 aliphatic heterocycles. The number of aromatic nitrogens is 2. The molecule has 0 unspecified atom stereocenters. The Morgan fingerprint density at radius 2 is 2.14 bits per heavy atom. The SMILES string of the molecule is O=C(NCc1ccncc1)c1nc2c(o1)CN(CC1CC1)C2. The Labute approximate surface area is 128 Å². The number of carbonyl (C=O) groups excluding carboxylic acids is 1. The van der Waals surface area contributed by atoms with Crippen LogP contribution in [0.5, 0.6) is 0 Å². The van der Waals surface area contributed by atoms with E-state index in [0.29, 0.717) is 6.54 Å². The number of hydrogen-bond donors (Lipinski definition) is 1. The first-order chi connectivity index (χ1) is 10.8. The van der Waals surface area contributed by atoms with Crippen molar-refractivity contribution < 1.29 is 9.21 Å². The molecular weight excluding hydrogens is 280 g/mol. The summed E-state index contributed by atoms with van der Waals surface area (Å²) in [4.78, 5) is 22.7. The van der Waals surface area contributed by atoms with Crippen LogP contribution < -0.4 is 5.32 Å². The molecule has 22 heavy (non-hydrogen) atoms. The summed E-state index contributed by atoms with van der Waals surface area (Å²) in [6.07, 6.45) is 6.09. The predicted octanol–water partition coefficient (Wildman–Crippen LogP) is 1.73. The van der Waals surface area contributed by atoms with E-state index in [0.717, 1.165) is 42.6 Å². The van der Waals surface area contributed by atoms with Crippen LogP contribution in [-0.4, -0.2) is 27.3 Å². The largest absolute Gasteiger partial charge is 0.436 e. The Bertz CT molecular complexity index is 655. The minimum Gasteiger partial charge on any atom is -0.436 e. The zero-order chi connectivity index (χ0) is 14.9. The van der Waals surface area contributed by atoms with Gasteiger partial charge in [-0.15, -0.1) is 0 Å². The summed E-state index contributed by atoms with van der Waals surface area (Å²) in [5.74, 6) is 1.60. The fourth-order valence-electron chi connectivity index (χ4n) is 2.75. The van der Waals surface area contributed by atoms with Crippen molar-refractivity contribution in [2.45, 2.75) is 32.5 Å². The lowest BCUT2D eigenvalue weighted by Crippen LogP contribution is -2.24. The zero-order valence-electron chi connectivity index (χ0n) is 12.3. The Morgan fingerprint density at radius 1 is 1.32 bits per heavy atom. The molecule has 2 aromatic heterocycles. The highest BCUT2D eigenvalue weighted by atomic mass is 16.4. The van der Waals surface area contributed by atoms with Crippen molar-refractivity contribution in [1.82, 2.24) is 20.2 Å². The van der Waals surface area contributed by atoms with Gasteiger partial charge in [-0.2, -0.15) is 0 Å². The van der Waals surface area contributed by atoms with Gasteiger partial charge in [0.25, 0.3) is 5.89 Å². The highest BCUT2D eigenvalue weighted by Gasteiger charge is 2.31. The number of nitrogens with zero attached hydrogens (tertiary/aromatic N) is 3. The molecule has 1 amide bonds. The van der Waals surface area contributed by atoms with Gasteiger partial charge >= 0.3 is 5.91 Å². The summed E-state index contributed by atoms with van der Waals surface area (Å²) in [6.45, 7) is 3.14. The van der Waals surface area contributed by atoms with Gasteiger partial charge in [0.1, 0.15) is 5.76 Å². The van der Waals surface area contributed by atoms with Gasteiger partial charge in [0, 0.05) is 32.0 Å². The van der Waals surface area contributed by atoms with Crippen LogP contribution in [0.2, 0.25) is 0 Å². The monoisotopic (exact) mass is 298 g/mol. The normalized spacial score (nSPS) is 17.5. The van der Waals surface area contributed by atoms with E-state index in [1.807, 2.05) is 12.1 Å². The quantitative estimate of drug-likeness (QED) is 0.910. The Balaban J connectivity index is 1.35. The van der Waals surface area contributed by atoms with Crippen molar-refractivity contribution in [2.24, 2.45) is 5.92 Å². The number of pyridine rings is 1. The molecule has 6 nitrogen and oxygen atoms in total. The van der Waals surface area contributed by atoms with Crippen molar-refractivity contribution in [3.8, 4) is 0 Å². The third kappa shape index (κ3) is 2.87. The van der Waals surface area contributed by atoms with E-state index in [1.165, 1.54) is 12.8 Å². The molecule has 1 N–H and O–H groups in total. The van der Waals surface area contributed by atoms with Crippen LogP contribution in [0.15, 0.2) is 28.9 Å². The van der Waals surface area contributed by atoms with Gasteiger partial charge < -0.3 is 9.73 Å². The summed E-state index contributed by atoms with van der Waals surface area (Å²) in [6, 6.07) is 3.73. The molecule has 3 heterocycles. The molecule has 114 valence electrons. The number of oxazole rings is 1. The first kappa shape index (κ1) is 13.5. The van der Waals surface area contributed by atoms with Crippen molar-refractivity contribution >= 4 is 5.91 Å². The molecule has 0 spiro atoms.